The molecule has 6 nitrogen and oxygen atoms in total. The van der Waals surface area contributed by atoms with Gasteiger partial charge >= 0.3 is 0 Å². The fourth-order valence-corrected chi connectivity index (χ4v) is 2.18. The van der Waals surface area contributed by atoms with E-state index in [1.807, 2.05) is 6.92 Å². The fraction of sp³-hybridized carbons (Fsp3) is 0.462. The van der Waals surface area contributed by atoms with Crippen LogP contribution in [0, 0.1) is 22.5 Å². The van der Waals surface area contributed by atoms with Crippen molar-refractivity contribution in [2.24, 2.45) is 5.41 Å². The van der Waals surface area contributed by atoms with E-state index in [4.69, 9.17) is 0 Å². The summed E-state index contributed by atoms with van der Waals surface area (Å²) in [6, 6.07) is 4.73. The van der Waals surface area contributed by atoms with Crippen LogP contribution < -0.4 is 10.6 Å². The Hall–Kier alpha value is -1.95. The van der Waals surface area contributed by atoms with Crippen LogP contribution in [0.15, 0.2) is 18.2 Å². The lowest BCUT2D eigenvalue weighted by molar-refractivity contribution is -0.385. The monoisotopic (exact) mass is 263 g/mol. The lowest BCUT2D eigenvalue weighted by Gasteiger charge is -2.21. The lowest BCUT2D eigenvalue weighted by Crippen LogP contribution is -2.35. The van der Waals surface area contributed by atoms with Gasteiger partial charge in [0.1, 0.15) is 0 Å². The molecule has 1 aliphatic heterocycles. The number of nitrogens with zero attached hydrogens (tertiary/aromatic N) is 1. The molecule has 1 aromatic carbocycles. The number of nitro groups is 1. The SMILES string of the molecule is Cc1ccc(NC(=O)C2(C)CCNC2)cc1[N+](=O)[O-]. The van der Waals surface area contributed by atoms with Crippen LogP contribution in [0.4, 0.5) is 11.4 Å². The van der Waals surface area contributed by atoms with Crippen LogP contribution in [0.25, 0.3) is 0 Å². The molecule has 2 rings (SSSR count). The molecule has 1 unspecified atom stereocenters. The number of carbonyl (C=O) groups is 1. The summed E-state index contributed by atoms with van der Waals surface area (Å²) in [4.78, 5) is 22.6. The highest BCUT2D eigenvalue weighted by molar-refractivity contribution is 5.95. The van der Waals surface area contributed by atoms with Crippen LogP contribution in [-0.2, 0) is 4.79 Å². The molecule has 0 aliphatic carbocycles. The Kier molecular flexibility index (Phi) is 3.53. The largest absolute Gasteiger partial charge is 0.325 e. The summed E-state index contributed by atoms with van der Waals surface area (Å²) in [7, 11) is 0. The van der Waals surface area contributed by atoms with Crippen molar-refractivity contribution < 1.29 is 9.72 Å². The highest BCUT2D eigenvalue weighted by Crippen LogP contribution is 2.28. The predicted molar refractivity (Wildman–Crippen MR) is 72.1 cm³/mol. The Labute approximate surface area is 111 Å². The van der Waals surface area contributed by atoms with Crippen molar-refractivity contribution in [3.8, 4) is 0 Å². The van der Waals surface area contributed by atoms with Crippen LogP contribution in [0.1, 0.15) is 18.9 Å². The molecule has 6 heteroatoms. The molecular formula is C13H17N3O3. The molecule has 1 heterocycles. The smallest absolute Gasteiger partial charge is 0.274 e. The van der Waals surface area contributed by atoms with Gasteiger partial charge < -0.3 is 10.6 Å². The summed E-state index contributed by atoms with van der Waals surface area (Å²) < 4.78 is 0. The van der Waals surface area contributed by atoms with Gasteiger partial charge in [-0.2, -0.15) is 0 Å². The molecule has 1 saturated heterocycles. The van der Waals surface area contributed by atoms with E-state index in [1.165, 1.54) is 6.07 Å². The summed E-state index contributed by atoms with van der Waals surface area (Å²) in [5, 5.41) is 16.8. The Morgan fingerprint density at radius 1 is 1.53 bits per heavy atom. The van der Waals surface area contributed by atoms with E-state index in [0.717, 1.165) is 13.0 Å². The maximum atomic E-state index is 12.2. The number of rotatable bonds is 3. The topological polar surface area (TPSA) is 84.3 Å². The second kappa shape index (κ2) is 4.97. The molecule has 19 heavy (non-hydrogen) atoms. The van der Waals surface area contributed by atoms with Crippen molar-refractivity contribution in [1.29, 1.82) is 0 Å². The summed E-state index contributed by atoms with van der Waals surface area (Å²) in [6.45, 7) is 5.02. The van der Waals surface area contributed by atoms with E-state index < -0.39 is 10.3 Å². The van der Waals surface area contributed by atoms with Gasteiger partial charge in [-0.25, -0.2) is 0 Å². The summed E-state index contributed by atoms with van der Waals surface area (Å²) in [5.41, 5.74) is 0.624. The summed E-state index contributed by atoms with van der Waals surface area (Å²) in [5.74, 6) is -0.101. The molecule has 1 aromatic rings. The Bertz CT molecular complexity index is 522. The van der Waals surface area contributed by atoms with E-state index >= 15 is 0 Å². The molecule has 0 spiro atoms. The summed E-state index contributed by atoms with van der Waals surface area (Å²) in [6.07, 6.45) is 0.771. The molecule has 1 atom stereocenters. The van der Waals surface area contributed by atoms with Gasteiger partial charge in [-0.05, 0) is 32.9 Å². The first-order valence-electron chi connectivity index (χ1n) is 6.20. The van der Waals surface area contributed by atoms with E-state index in [1.54, 1.807) is 19.1 Å². The highest BCUT2D eigenvalue weighted by atomic mass is 16.6. The quantitative estimate of drug-likeness (QED) is 0.643. The third kappa shape index (κ3) is 2.73. The van der Waals surface area contributed by atoms with Crippen molar-refractivity contribution >= 4 is 17.3 Å². The predicted octanol–water partition coefficient (Wildman–Crippen LogP) is 1.84. The molecule has 0 saturated carbocycles. The van der Waals surface area contributed by atoms with E-state index in [0.29, 0.717) is 17.8 Å². The molecule has 0 bridgehead atoms. The second-order valence-electron chi connectivity index (χ2n) is 5.20. The van der Waals surface area contributed by atoms with Gasteiger partial charge in [0.25, 0.3) is 5.69 Å². The van der Waals surface area contributed by atoms with Crippen LogP contribution in [0.3, 0.4) is 0 Å². The molecule has 1 aliphatic rings. The van der Waals surface area contributed by atoms with E-state index in [2.05, 4.69) is 10.6 Å². The average Bonchev–Trinajstić information content (AvgIpc) is 2.79. The van der Waals surface area contributed by atoms with Crippen LogP contribution in [0.5, 0.6) is 0 Å². The minimum Gasteiger partial charge on any atom is -0.325 e. The number of benzene rings is 1. The normalized spacial score (nSPS) is 22.2. The first-order valence-corrected chi connectivity index (χ1v) is 6.20. The van der Waals surface area contributed by atoms with Gasteiger partial charge in [-0.1, -0.05) is 6.07 Å². The van der Waals surface area contributed by atoms with Crippen LogP contribution in [-0.4, -0.2) is 23.9 Å². The Balaban J connectivity index is 2.17. The number of hydrogen-bond acceptors (Lipinski definition) is 4. The third-order valence-electron chi connectivity index (χ3n) is 3.58. The van der Waals surface area contributed by atoms with Gasteiger partial charge in [-0.3, -0.25) is 14.9 Å². The summed E-state index contributed by atoms with van der Waals surface area (Å²) >= 11 is 0. The number of aryl methyl sites for hydroxylation is 1. The van der Waals surface area contributed by atoms with E-state index in [-0.39, 0.29) is 11.6 Å². The molecular weight excluding hydrogens is 246 g/mol. The van der Waals surface area contributed by atoms with Gasteiger partial charge in [0.2, 0.25) is 5.91 Å². The third-order valence-corrected chi connectivity index (χ3v) is 3.58. The average molecular weight is 263 g/mol. The van der Waals surface area contributed by atoms with Crippen molar-refractivity contribution in [2.75, 3.05) is 18.4 Å². The maximum Gasteiger partial charge on any atom is 0.274 e. The van der Waals surface area contributed by atoms with Gasteiger partial charge in [0, 0.05) is 23.9 Å². The Morgan fingerprint density at radius 2 is 2.26 bits per heavy atom. The standard InChI is InChI=1S/C13H17N3O3/c1-9-3-4-10(7-11(9)16(18)19)15-12(17)13(2)5-6-14-8-13/h3-4,7,14H,5-6,8H2,1-2H3,(H,15,17). The number of amides is 1. The van der Waals surface area contributed by atoms with Crippen molar-refractivity contribution in [3.63, 3.8) is 0 Å². The molecule has 2 N–H and O–H groups in total. The number of nitrogens with one attached hydrogen (secondary N) is 2. The zero-order valence-corrected chi connectivity index (χ0v) is 11.0. The van der Waals surface area contributed by atoms with Crippen molar-refractivity contribution in [2.45, 2.75) is 20.3 Å². The van der Waals surface area contributed by atoms with E-state index in [9.17, 15) is 14.9 Å². The second-order valence-corrected chi connectivity index (χ2v) is 5.20. The van der Waals surface area contributed by atoms with Crippen molar-refractivity contribution in [3.05, 3.63) is 33.9 Å². The molecule has 0 aromatic heterocycles. The van der Waals surface area contributed by atoms with Crippen LogP contribution >= 0.6 is 0 Å². The maximum absolute atomic E-state index is 12.2. The molecule has 1 fully saturated rings. The first kappa shape index (κ1) is 13.5. The van der Waals surface area contributed by atoms with Crippen molar-refractivity contribution in [1.82, 2.24) is 5.32 Å². The zero-order chi connectivity index (χ0) is 14.0. The number of carbonyl (C=O) groups excluding carboxylic acids is 1. The number of nitro benzene ring substituents is 1. The Morgan fingerprint density at radius 3 is 2.84 bits per heavy atom. The fourth-order valence-electron chi connectivity index (χ4n) is 2.18. The lowest BCUT2D eigenvalue weighted by atomic mass is 9.88. The molecule has 1 amide bonds. The van der Waals surface area contributed by atoms with Crippen LogP contribution in [0.2, 0.25) is 0 Å². The first-order chi connectivity index (χ1) is 8.92. The number of anilines is 1. The minimum absolute atomic E-state index is 0.0208. The number of hydrogen-bond donors (Lipinski definition) is 2. The molecule has 102 valence electrons. The molecule has 0 radical (unpaired) electrons. The minimum atomic E-state index is -0.445. The zero-order valence-electron chi connectivity index (χ0n) is 11.0. The van der Waals surface area contributed by atoms with Gasteiger partial charge in [0.15, 0.2) is 0 Å². The highest BCUT2D eigenvalue weighted by Gasteiger charge is 2.36. The van der Waals surface area contributed by atoms with Gasteiger partial charge in [-0.15, -0.1) is 0 Å². The van der Waals surface area contributed by atoms with Gasteiger partial charge in [0.05, 0.1) is 10.3 Å².